The van der Waals surface area contributed by atoms with Crippen molar-refractivity contribution < 1.29 is 61.6 Å². The summed E-state index contributed by atoms with van der Waals surface area (Å²) in [6.45, 7) is 5.90. The number of nitrogens with zero attached hydrogens (tertiary/aromatic N) is 6. The Hall–Kier alpha value is -7.39. The first-order valence-corrected chi connectivity index (χ1v) is 25.5. The maximum atomic E-state index is 14.7. The number of imide groups is 1. The Bertz CT molecular complexity index is 3220. The zero-order valence-corrected chi connectivity index (χ0v) is 43.5. The molecule has 1 N–H and O–H groups in total. The largest absolute Gasteiger partial charge is 0.493 e. The van der Waals surface area contributed by atoms with Crippen LogP contribution >= 0.6 is 11.6 Å². The van der Waals surface area contributed by atoms with E-state index < -0.39 is 30.7 Å². The highest BCUT2D eigenvalue weighted by Crippen LogP contribution is 2.43. The summed E-state index contributed by atoms with van der Waals surface area (Å²) in [6, 6.07) is 17.9. The second kappa shape index (κ2) is 23.7. The molecule has 9 rings (SSSR count). The van der Waals surface area contributed by atoms with Gasteiger partial charge in [-0.15, -0.1) is 0 Å². The lowest BCUT2D eigenvalue weighted by Crippen LogP contribution is -2.52. The fourth-order valence-corrected chi connectivity index (χ4v) is 10.5. The van der Waals surface area contributed by atoms with Crippen molar-refractivity contribution >= 4 is 68.8 Å². The third-order valence-corrected chi connectivity index (χ3v) is 14.5. The fourth-order valence-electron chi connectivity index (χ4n) is 10.3. The van der Waals surface area contributed by atoms with E-state index in [1.807, 2.05) is 49.7 Å². The summed E-state index contributed by atoms with van der Waals surface area (Å²) in [6.07, 6.45) is 1.17. The van der Waals surface area contributed by atoms with Crippen LogP contribution in [0.2, 0.25) is 5.02 Å². The van der Waals surface area contributed by atoms with Crippen LogP contribution in [0.1, 0.15) is 62.6 Å². The van der Waals surface area contributed by atoms with Crippen molar-refractivity contribution in [2.45, 2.75) is 58.7 Å². The number of hydrogen-bond acceptors (Lipinski definition) is 14. The Morgan fingerprint density at radius 2 is 1.63 bits per heavy atom. The molecule has 0 radical (unpaired) electrons. The van der Waals surface area contributed by atoms with E-state index in [0.717, 1.165) is 27.7 Å². The first-order chi connectivity index (χ1) is 36.7. The van der Waals surface area contributed by atoms with Crippen LogP contribution in [0.15, 0.2) is 66.7 Å². The zero-order valence-electron chi connectivity index (χ0n) is 42.8. The molecule has 3 aliphatic heterocycles. The summed E-state index contributed by atoms with van der Waals surface area (Å²) in [4.78, 5) is 84.0. The van der Waals surface area contributed by atoms with Gasteiger partial charge in [0.25, 0.3) is 11.8 Å². The highest BCUT2D eigenvalue weighted by Gasteiger charge is 2.40. The van der Waals surface area contributed by atoms with Crippen molar-refractivity contribution in [2.75, 3.05) is 79.7 Å². The summed E-state index contributed by atoms with van der Waals surface area (Å²) in [5, 5.41) is 9.70. The molecule has 5 heterocycles. The van der Waals surface area contributed by atoms with Gasteiger partial charge in [-0.3, -0.25) is 34.1 Å². The Kier molecular flexibility index (Phi) is 16.6. The van der Waals surface area contributed by atoms with Crippen molar-refractivity contribution in [2.24, 2.45) is 7.05 Å². The third kappa shape index (κ3) is 11.4. The third-order valence-electron chi connectivity index (χ3n) is 14.2. The Labute approximate surface area is 442 Å². The Balaban J connectivity index is 0.939. The van der Waals surface area contributed by atoms with Crippen LogP contribution in [-0.4, -0.2) is 150 Å². The van der Waals surface area contributed by atoms with E-state index in [9.17, 15) is 33.2 Å². The maximum Gasteiger partial charge on any atom is 0.358 e. The van der Waals surface area contributed by atoms with E-state index in [1.54, 1.807) is 39.9 Å². The Morgan fingerprint density at radius 1 is 0.855 bits per heavy atom. The molecular formula is C55H59ClFN7O12. The number of esters is 2. The summed E-state index contributed by atoms with van der Waals surface area (Å²) in [7, 11) is 3.37. The average Bonchev–Trinajstić information content (AvgIpc) is 4.09. The summed E-state index contributed by atoms with van der Waals surface area (Å²) < 4.78 is 51.4. The number of piperazine rings is 1. The predicted octanol–water partition coefficient (Wildman–Crippen LogP) is 5.92. The number of halogens is 2. The number of carbonyl (C=O) groups excluding carboxylic acids is 6. The number of benzene rings is 4. The molecule has 76 heavy (non-hydrogen) atoms. The topological polar surface area (TPSA) is 202 Å². The molecule has 400 valence electrons. The van der Waals surface area contributed by atoms with Crippen LogP contribution in [0.4, 0.5) is 4.39 Å². The molecule has 0 spiro atoms. The molecule has 3 aliphatic rings. The number of nitrogens with one attached hydrogen (secondary N) is 1. The van der Waals surface area contributed by atoms with E-state index in [2.05, 4.69) is 10.2 Å². The van der Waals surface area contributed by atoms with Gasteiger partial charge in [0.2, 0.25) is 18.6 Å². The molecule has 1 atom stereocenters. The lowest BCUT2D eigenvalue weighted by Gasteiger charge is -2.35. The molecule has 1 unspecified atom stereocenters. The second-order valence-electron chi connectivity index (χ2n) is 18.8. The molecule has 2 fully saturated rings. The highest BCUT2D eigenvalue weighted by molar-refractivity contribution is 6.35. The minimum absolute atomic E-state index is 0.110. The number of ether oxygens (including phenoxy) is 6. The molecule has 6 aromatic rings. The molecule has 19 nitrogen and oxygen atoms in total. The Morgan fingerprint density at radius 3 is 2.39 bits per heavy atom. The van der Waals surface area contributed by atoms with E-state index in [1.165, 1.54) is 24.1 Å². The molecule has 0 aliphatic carbocycles. The molecule has 21 heteroatoms. The SMILES string of the molecule is COCCOCC(=O)OCOC(=O)c1c(CCCOc2cccc3cc(F)ccc23)c2ccc(Cl)c(-c3c(C)nn(C)c3C)c2n1CCN1CCN(C(=O)COc2cccc3c2CN(C2CCC(=O)NC2=O)C3=O)CC1. The minimum Gasteiger partial charge on any atom is -0.493 e. The molecular weight excluding hydrogens is 1010 g/mol. The number of aryl methyl sites for hydroxylation is 3. The predicted molar refractivity (Wildman–Crippen MR) is 276 cm³/mol. The molecule has 4 amide bonds. The number of rotatable bonds is 21. The first kappa shape index (κ1) is 53.4. The number of amides is 4. The van der Waals surface area contributed by atoms with E-state index in [-0.39, 0.29) is 88.2 Å². The molecule has 2 aromatic heterocycles. The number of fused-ring (bicyclic) bond motifs is 3. The number of carbonyl (C=O) groups is 6. The minimum atomic E-state index is -0.784. The van der Waals surface area contributed by atoms with Crippen LogP contribution in [0, 0.1) is 19.7 Å². The van der Waals surface area contributed by atoms with Crippen molar-refractivity contribution in [1.29, 1.82) is 0 Å². The molecule has 0 bridgehead atoms. The quantitative estimate of drug-likeness (QED) is 0.0385. The summed E-state index contributed by atoms with van der Waals surface area (Å²) >= 11 is 7.19. The van der Waals surface area contributed by atoms with Crippen molar-refractivity contribution in [3.05, 3.63) is 111 Å². The number of methoxy groups -OCH3 is 1. The van der Waals surface area contributed by atoms with Crippen LogP contribution in [0.5, 0.6) is 11.5 Å². The maximum absolute atomic E-state index is 14.7. The highest BCUT2D eigenvalue weighted by atomic mass is 35.5. The standard InChI is InChI=1S/C55H59ClFN7O12/c1-33-49(34(2)60(3)59-33)50-42(56)16-15-39-38(10-7-25-73-44-11-5-8-35-28-36(57)13-14-37(35)44)52(55(70)76-32-75-48(67)31-72-27-26-71-4)63(51(39)50)24-21-61-19-22-62(23-20-61)47(66)30-74-45-12-6-9-40-41(45)29-64(54(40)69)43-17-18-46(65)58-53(43)68/h5-6,8-9,11-16,28,43H,7,10,17-27,29-32H2,1-4H3,(H,58,65,68). The van der Waals surface area contributed by atoms with Gasteiger partial charge in [-0.25, -0.2) is 14.0 Å². The van der Waals surface area contributed by atoms with E-state index in [0.29, 0.717) is 95.2 Å². The van der Waals surface area contributed by atoms with Gasteiger partial charge in [0.15, 0.2) is 6.61 Å². The van der Waals surface area contributed by atoms with Gasteiger partial charge in [0.1, 0.15) is 35.7 Å². The van der Waals surface area contributed by atoms with E-state index >= 15 is 0 Å². The van der Waals surface area contributed by atoms with Crippen LogP contribution in [0.3, 0.4) is 0 Å². The summed E-state index contributed by atoms with van der Waals surface area (Å²) in [5.41, 5.74) is 5.66. The molecule has 0 saturated carbocycles. The van der Waals surface area contributed by atoms with Crippen LogP contribution in [0.25, 0.3) is 32.8 Å². The smallest absolute Gasteiger partial charge is 0.358 e. The second-order valence-corrected chi connectivity index (χ2v) is 19.3. The number of aromatic nitrogens is 3. The number of hydrogen-bond donors (Lipinski definition) is 1. The lowest BCUT2D eigenvalue weighted by molar-refractivity contribution is -0.157. The molecule has 4 aromatic carbocycles. The fraction of sp³-hybridized carbons (Fsp3) is 0.400. The van der Waals surface area contributed by atoms with Gasteiger partial charge in [-0.05, 0) is 86.5 Å². The van der Waals surface area contributed by atoms with Crippen LogP contribution in [-0.2, 0) is 64.7 Å². The normalized spacial score (nSPS) is 15.9. The van der Waals surface area contributed by atoms with Gasteiger partial charge < -0.3 is 42.8 Å². The van der Waals surface area contributed by atoms with Gasteiger partial charge in [0.05, 0.1) is 42.6 Å². The lowest BCUT2D eigenvalue weighted by atomic mass is 9.98. The van der Waals surface area contributed by atoms with E-state index in [4.69, 9.17) is 45.1 Å². The summed E-state index contributed by atoms with van der Waals surface area (Å²) in [5.74, 6) is -2.30. The average molecular weight is 1060 g/mol. The zero-order chi connectivity index (χ0) is 53.6. The molecule has 2 saturated heterocycles. The van der Waals surface area contributed by atoms with Crippen molar-refractivity contribution in [3.8, 4) is 22.6 Å². The van der Waals surface area contributed by atoms with Gasteiger partial charge >= 0.3 is 11.9 Å². The first-order valence-electron chi connectivity index (χ1n) is 25.2. The monoisotopic (exact) mass is 1060 g/mol. The van der Waals surface area contributed by atoms with Gasteiger partial charge in [-0.1, -0.05) is 35.9 Å². The van der Waals surface area contributed by atoms with Crippen LogP contribution < -0.4 is 14.8 Å². The number of piperidine rings is 1. The van der Waals surface area contributed by atoms with Gasteiger partial charge in [-0.2, -0.15) is 5.10 Å². The van der Waals surface area contributed by atoms with Crippen molar-refractivity contribution in [1.82, 2.24) is 34.4 Å². The van der Waals surface area contributed by atoms with Crippen molar-refractivity contribution in [3.63, 3.8) is 0 Å². The van der Waals surface area contributed by atoms with Gasteiger partial charge in [0, 0.05) is 98.6 Å².